The molecule has 0 unspecified atom stereocenters. The van der Waals surface area contributed by atoms with Crippen molar-refractivity contribution in [3.63, 3.8) is 0 Å². The van der Waals surface area contributed by atoms with Gasteiger partial charge in [0.15, 0.2) is 0 Å². The number of carbonyl (C=O) groups excluding carboxylic acids is 1. The molecule has 1 aromatic heterocycles. The number of carbonyl (C=O) groups is 1. The second kappa shape index (κ2) is 10.4. The topological polar surface area (TPSA) is 76.5 Å². The lowest BCUT2D eigenvalue weighted by Crippen LogP contribution is -2.27. The average molecular weight is 421 g/mol. The zero-order valence-corrected chi connectivity index (χ0v) is 18.2. The Kier molecular flexibility index (Phi) is 7.43. The number of anilines is 2. The number of nitrogens with zero attached hydrogens (tertiary/aromatic N) is 3. The molecule has 3 rings (SSSR count). The van der Waals surface area contributed by atoms with Gasteiger partial charge < -0.3 is 15.0 Å². The van der Waals surface area contributed by atoms with Gasteiger partial charge in [0, 0.05) is 36.1 Å². The highest BCUT2D eigenvalue weighted by atomic mass is 16.5. The minimum Gasteiger partial charge on any atom is -0.494 e. The highest BCUT2D eigenvalue weighted by molar-refractivity contribution is 5.90. The summed E-state index contributed by atoms with van der Waals surface area (Å²) < 4.78 is 6.72. The molecule has 0 saturated heterocycles. The summed E-state index contributed by atoms with van der Waals surface area (Å²) in [5.74, 6) is 0.481. The first kappa shape index (κ1) is 22.1. The third-order valence-electron chi connectivity index (χ3n) is 4.93. The molecule has 162 valence electrons. The van der Waals surface area contributed by atoms with Crippen LogP contribution in [-0.2, 0) is 11.3 Å². The van der Waals surface area contributed by atoms with Gasteiger partial charge in [0.05, 0.1) is 18.6 Å². The zero-order chi connectivity index (χ0) is 22.2. The van der Waals surface area contributed by atoms with E-state index in [0.29, 0.717) is 18.0 Å². The predicted octanol–water partition coefficient (Wildman–Crippen LogP) is 3.79. The number of rotatable bonds is 9. The van der Waals surface area contributed by atoms with Crippen LogP contribution >= 0.6 is 0 Å². The van der Waals surface area contributed by atoms with Crippen molar-refractivity contribution >= 4 is 17.3 Å². The first-order valence-corrected chi connectivity index (χ1v) is 10.5. The number of aromatic nitrogens is 2. The van der Waals surface area contributed by atoms with Gasteiger partial charge in [-0.2, -0.15) is 0 Å². The van der Waals surface area contributed by atoms with Gasteiger partial charge in [-0.25, -0.2) is 4.98 Å². The van der Waals surface area contributed by atoms with Gasteiger partial charge in [0.25, 0.3) is 5.56 Å². The fourth-order valence-electron chi connectivity index (χ4n) is 3.29. The van der Waals surface area contributed by atoms with Crippen LogP contribution in [-0.4, -0.2) is 35.2 Å². The molecule has 1 amide bonds. The van der Waals surface area contributed by atoms with E-state index in [4.69, 9.17) is 4.74 Å². The van der Waals surface area contributed by atoms with Crippen LogP contribution in [0.1, 0.15) is 20.8 Å². The van der Waals surface area contributed by atoms with Crippen molar-refractivity contribution in [2.45, 2.75) is 27.3 Å². The molecule has 31 heavy (non-hydrogen) atoms. The number of hydrogen-bond acceptors (Lipinski definition) is 5. The number of hydrogen-bond donors (Lipinski definition) is 1. The summed E-state index contributed by atoms with van der Waals surface area (Å²) in [5, 5.41) is 2.83. The summed E-state index contributed by atoms with van der Waals surface area (Å²) in [4.78, 5) is 31.4. The van der Waals surface area contributed by atoms with E-state index in [1.807, 2.05) is 55.5 Å². The van der Waals surface area contributed by atoms with E-state index in [2.05, 4.69) is 29.0 Å². The number of nitrogens with one attached hydrogen (secondary N) is 1. The molecule has 7 heteroatoms. The minimum absolute atomic E-state index is 0.104. The van der Waals surface area contributed by atoms with E-state index in [9.17, 15) is 9.59 Å². The van der Waals surface area contributed by atoms with Crippen molar-refractivity contribution < 1.29 is 9.53 Å². The molecule has 0 aliphatic heterocycles. The van der Waals surface area contributed by atoms with Crippen LogP contribution in [0.4, 0.5) is 11.4 Å². The summed E-state index contributed by atoms with van der Waals surface area (Å²) in [6.07, 6.45) is 1.40. The number of amides is 1. The standard InChI is InChI=1S/C24H28N4O3/c1-4-27(5-2)20-11-9-19(10-12-20)26-23(29)16-28-17-25-22(15-24(28)30)18-7-13-21(14-8-18)31-6-3/h7-15,17H,4-6,16H2,1-3H3,(H,26,29). The normalized spacial score (nSPS) is 10.5. The van der Waals surface area contributed by atoms with Gasteiger partial charge in [0.1, 0.15) is 12.3 Å². The van der Waals surface area contributed by atoms with E-state index >= 15 is 0 Å². The fraction of sp³-hybridized carbons (Fsp3) is 0.292. The van der Waals surface area contributed by atoms with Crippen molar-refractivity contribution in [1.29, 1.82) is 0 Å². The highest BCUT2D eigenvalue weighted by Gasteiger charge is 2.09. The smallest absolute Gasteiger partial charge is 0.254 e. The van der Waals surface area contributed by atoms with E-state index in [0.717, 1.165) is 30.1 Å². The largest absolute Gasteiger partial charge is 0.494 e. The van der Waals surface area contributed by atoms with Gasteiger partial charge in [0.2, 0.25) is 5.91 Å². The zero-order valence-electron chi connectivity index (χ0n) is 18.2. The van der Waals surface area contributed by atoms with E-state index in [-0.39, 0.29) is 18.0 Å². The Balaban J connectivity index is 1.64. The molecular weight excluding hydrogens is 392 g/mol. The van der Waals surface area contributed by atoms with Crippen LogP contribution in [0.25, 0.3) is 11.3 Å². The van der Waals surface area contributed by atoms with Crippen molar-refractivity contribution in [1.82, 2.24) is 9.55 Å². The van der Waals surface area contributed by atoms with Crippen molar-refractivity contribution in [3.05, 3.63) is 71.3 Å². The van der Waals surface area contributed by atoms with Crippen molar-refractivity contribution in [3.8, 4) is 17.0 Å². The summed E-state index contributed by atoms with van der Waals surface area (Å²) in [6.45, 7) is 8.46. The summed E-state index contributed by atoms with van der Waals surface area (Å²) in [5.41, 5.74) is 2.87. The Morgan fingerprint density at radius 2 is 1.71 bits per heavy atom. The first-order valence-electron chi connectivity index (χ1n) is 10.5. The second-order valence-electron chi connectivity index (χ2n) is 6.97. The summed E-state index contributed by atoms with van der Waals surface area (Å²) >= 11 is 0. The summed E-state index contributed by atoms with van der Waals surface area (Å²) in [6, 6.07) is 16.5. The van der Waals surface area contributed by atoms with Crippen LogP contribution in [0.15, 0.2) is 65.7 Å². The van der Waals surface area contributed by atoms with Gasteiger partial charge in [-0.05, 0) is 69.3 Å². The Bertz CT molecular complexity index is 1060. The maximum absolute atomic E-state index is 12.5. The van der Waals surface area contributed by atoms with Gasteiger partial charge in [-0.3, -0.25) is 14.2 Å². The highest BCUT2D eigenvalue weighted by Crippen LogP contribution is 2.20. The van der Waals surface area contributed by atoms with Crippen molar-refractivity contribution in [2.24, 2.45) is 0 Å². The van der Waals surface area contributed by atoms with Crippen molar-refractivity contribution in [2.75, 3.05) is 29.9 Å². The Morgan fingerprint density at radius 1 is 1.03 bits per heavy atom. The van der Waals surface area contributed by atoms with Gasteiger partial charge in [-0.15, -0.1) is 0 Å². The molecule has 0 aliphatic rings. The molecule has 0 saturated carbocycles. The number of benzene rings is 2. The number of ether oxygens (including phenoxy) is 1. The second-order valence-corrected chi connectivity index (χ2v) is 6.97. The van der Waals surface area contributed by atoms with E-state index < -0.39 is 0 Å². The molecule has 0 fully saturated rings. The molecule has 0 aliphatic carbocycles. The maximum Gasteiger partial charge on any atom is 0.254 e. The molecule has 1 heterocycles. The lowest BCUT2D eigenvalue weighted by atomic mass is 10.1. The van der Waals surface area contributed by atoms with Crippen LogP contribution in [0.5, 0.6) is 5.75 Å². The minimum atomic E-state index is -0.286. The molecule has 3 aromatic rings. The average Bonchev–Trinajstić information content (AvgIpc) is 2.78. The molecule has 2 aromatic carbocycles. The quantitative estimate of drug-likeness (QED) is 0.570. The van der Waals surface area contributed by atoms with E-state index in [1.54, 1.807) is 0 Å². The Hall–Kier alpha value is -3.61. The lowest BCUT2D eigenvalue weighted by Gasteiger charge is -2.21. The summed E-state index contributed by atoms with van der Waals surface area (Å²) in [7, 11) is 0. The van der Waals surface area contributed by atoms with Crippen LogP contribution < -0.4 is 20.5 Å². The molecule has 1 N–H and O–H groups in total. The predicted molar refractivity (Wildman–Crippen MR) is 124 cm³/mol. The van der Waals surface area contributed by atoms with Crippen LogP contribution in [0, 0.1) is 0 Å². The van der Waals surface area contributed by atoms with Gasteiger partial charge in [-0.1, -0.05) is 0 Å². The molecular formula is C24H28N4O3. The molecule has 0 spiro atoms. The molecule has 0 radical (unpaired) electrons. The third-order valence-corrected chi connectivity index (χ3v) is 4.93. The fourth-order valence-corrected chi connectivity index (χ4v) is 3.29. The third kappa shape index (κ3) is 5.72. The van der Waals surface area contributed by atoms with Crippen LogP contribution in [0.2, 0.25) is 0 Å². The maximum atomic E-state index is 12.5. The SMILES string of the molecule is CCOc1ccc(-c2cc(=O)n(CC(=O)Nc3ccc(N(CC)CC)cc3)cn2)cc1. The van der Waals surface area contributed by atoms with Gasteiger partial charge >= 0.3 is 0 Å². The Morgan fingerprint density at radius 3 is 2.29 bits per heavy atom. The monoisotopic (exact) mass is 420 g/mol. The lowest BCUT2D eigenvalue weighted by molar-refractivity contribution is -0.116. The van der Waals surface area contributed by atoms with E-state index in [1.165, 1.54) is 17.0 Å². The first-order chi connectivity index (χ1) is 15.0. The molecule has 0 atom stereocenters. The molecule has 7 nitrogen and oxygen atoms in total. The molecule has 0 bridgehead atoms. The Labute approximate surface area is 182 Å². The van der Waals surface area contributed by atoms with Crippen LogP contribution in [0.3, 0.4) is 0 Å².